The predicted molar refractivity (Wildman–Crippen MR) is 120 cm³/mol. The van der Waals surface area contributed by atoms with Crippen LogP contribution in [0.1, 0.15) is 25.0 Å². The Morgan fingerprint density at radius 1 is 1.03 bits per heavy atom. The first kappa shape index (κ1) is 20.0. The second-order valence-electron chi connectivity index (χ2n) is 7.77. The third-order valence-corrected chi connectivity index (χ3v) is 5.28. The number of benzene rings is 3. The number of fused-ring (bicyclic) bond motifs is 2. The normalized spacial score (nSPS) is 12.5. The Kier molecular flexibility index (Phi) is 5.72. The fraction of sp³-hybridized carbons (Fsp3) is 0.240. The Hall–Kier alpha value is -3.31. The molecule has 0 radical (unpaired) electrons. The summed E-state index contributed by atoms with van der Waals surface area (Å²) < 4.78 is 6.02. The summed E-state index contributed by atoms with van der Waals surface area (Å²) in [7, 11) is 0. The first-order valence-electron chi connectivity index (χ1n) is 10.2. The van der Waals surface area contributed by atoms with E-state index in [4.69, 9.17) is 4.74 Å². The Morgan fingerprint density at radius 2 is 1.77 bits per heavy atom. The van der Waals surface area contributed by atoms with Gasteiger partial charge in [-0.1, -0.05) is 48.5 Å². The summed E-state index contributed by atoms with van der Waals surface area (Å²) in [5, 5.41) is 16.3. The molecular weight excluding hydrogens is 376 g/mol. The molecule has 5 heteroatoms. The summed E-state index contributed by atoms with van der Waals surface area (Å²) >= 11 is 0. The van der Waals surface area contributed by atoms with E-state index in [2.05, 4.69) is 22.4 Å². The minimum absolute atomic E-state index is 0.0337. The Morgan fingerprint density at radius 3 is 2.53 bits per heavy atom. The van der Waals surface area contributed by atoms with Crippen molar-refractivity contribution in [1.82, 2.24) is 10.3 Å². The lowest BCUT2D eigenvalue weighted by atomic mass is 10.0. The molecule has 1 aromatic heterocycles. The van der Waals surface area contributed by atoms with E-state index in [1.165, 1.54) is 0 Å². The third-order valence-electron chi connectivity index (χ3n) is 5.28. The van der Waals surface area contributed by atoms with Crippen molar-refractivity contribution >= 4 is 27.6 Å². The van der Waals surface area contributed by atoms with Crippen molar-refractivity contribution in [3.63, 3.8) is 0 Å². The average molecular weight is 402 g/mol. The van der Waals surface area contributed by atoms with Gasteiger partial charge < -0.3 is 14.8 Å². The molecule has 3 aromatic carbocycles. The number of aliphatic carboxylic acids is 1. The van der Waals surface area contributed by atoms with Crippen LogP contribution in [-0.2, 0) is 17.8 Å². The number of hydrogen-bond donors (Lipinski definition) is 3. The van der Waals surface area contributed by atoms with E-state index in [1.807, 2.05) is 68.6 Å². The molecule has 0 aliphatic heterocycles. The van der Waals surface area contributed by atoms with Gasteiger partial charge in [-0.2, -0.15) is 0 Å². The van der Waals surface area contributed by atoms with E-state index in [9.17, 15) is 9.90 Å². The standard InChI is InChI=1S/C25H26N2O3/c1-16(2)30-24-12-11-17-7-3-4-8-19(17)21(24)15-27-23(25(28)29)13-18-14-26-22-10-6-5-9-20(18)22/h3-12,14,16,23,26-27H,13,15H2,1-2H3,(H,28,29)/t23-/m0/s1. The maximum absolute atomic E-state index is 12.0. The maximum atomic E-state index is 12.0. The monoisotopic (exact) mass is 402 g/mol. The molecule has 5 nitrogen and oxygen atoms in total. The third kappa shape index (κ3) is 4.16. The van der Waals surface area contributed by atoms with E-state index >= 15 is 0 Å². The van der Waals surface area contributed by atoms with E-state index in [-0.39, 0.29) is 6.10 Å². The quantitative estimate of drug-likeness (QED) is 0.392. The van der Waals surface area contributed by atoms with Gasteiger partial charge in [0.15, 0.2) is 0 Å². The maximum Gasteiger partial charge on any atom is 0.321 e. The average Bonchev–Trinajstić information content (AvgIpc) is 3.14. The molecule has 4 aromatic rings. The van der Waals surface area contributed by atoms with Gasteiger partial charge in [-0.05, 0) is 42.3 Å². The molecule has 4 rings (SSSR count). The van der Waals surface area contributed by atoms with Crippen LogP contribution in [-0.4, -0.2) is 28.2 Å². The number of carbonyl (C=O) groups is 1. The van der Waals surface area contributed by atoms with Gasteiger partial charge in [0.25, 0.3) is 0 Å². The number of rotatable bonds is 8. The Balaban J connectivity index is 1.61. The Bertz CT molecular complexity index is 1180. The zero-order valence-corrected chi connectivity index (χ0v) is 17.2. The highest BCUT2D eigenvalue weighted by atomic mass is 16.5. The van der Waals surface area contributed by atoms with Crippen LogP contribution in [0.5, 0.6) is 5.75 Å². The molecule has 0 saturated carbocycles. The number of carboxylic acids is 1. The van der Waals surface area contributed by atoms with Crippen LogP contribution >= 0.6 is 0 Å². The SMILES string of the molecule is CC(C)Oc1ccc2ccccc2c1CN[C@@H](Cc1c[nH]c2ccccc12)C(=O)O. The number of aromatic amines is 1. The minimum Gasteiger partial charge on any atom is -0.491 e. The fourth-order valence-corrected chi connectivity index (χ4v) is 3.86. The molecule has 30 heavy (non-hydrogen) atoms. The van der Waals surface area contributed by atoms with Gasteiger partial charge in [-0.15, -0.1) is 0 Å². The van der Waals surface area contributed by atoms with Gasteiger partial charge in [-0.3, -0.25) is 10.1 Å². The van der Waals surface area contributed by atoms with Crippen LogP contribution in [0.15, 0.2) is 66.9 Å². The fourth-order valence-electron chi connectivity index (χ4n) is 3.86. The lowest BCUT2D eigenvalue weighted by Crippen LogP contribution is -2.38. The lowest BCUT2D eigenvalue weighted by Gasteiger charge is -2.19. The smallest absolute Gasteiger partial charge is 0.321 e. The molecular formula is C25H26N2O3. The zero-order chi connectivity index (χ0) is 21.1. The van der Waals surface area contributed by atoms with E-state index in [0.29, 0.717) is 13.0 Å². The van der Waals surface area contributed by atoms with Gasteiger partial charge in [0.05, 0.1) is 6.10 Å². The molecule has 0 aliphatic carbocycles. The van der Waals surface area contributed by atoms with Crippen molar-refractivity contribution in [2.45, 2.75) is 39.0 Å². The molecule has 3 N–H and O–H groups in total. The van der Waals surface area contributed by atoms with Crippen molar-refractivity contribution in [3.05, 3.63) is 78.0 Å². The van der Waals surface area contributed by atoms with Crippen molar-refractivity contribution < 1.29 is 14.6 Å². The van der Waals surface area contributed by atoms with Crippen LogP contribution in [0, 0.1) is 0 Å². The van der Waals surface area contributed by atoms with Crippen molar-refractivity contribution in [2.24, 2.45) is 0 Å². The minimum atomic E-state index is -0.869. The van der Waals surface area contributed by atoms with Crippen LogP contribution < -0.4 is 10.1 Å². The summed E-state index contributed by atoms with van der Waals surface area (Å²) in [6.07, 6.45) is 2.32. The van der Waals surface area contributed by atoms with Gasteiger partial charge in [0, 0.05) is 35.6 Å². The van der Waals surface area contributed by atoms with Crippen LogP contribution in [0.3, 0.4) is 0 Å². The second kappa shape index (κ2) is 8.59. The topological polar surface area (TPSA) is 74.3 Å². The number of para-hydroxylation sites is 1. The summed E-state index contributed by atoms with van der Waals surface area (Å²) in [5.74, 6) is -0.0840. The molecule has 0 saturated heterocycles. The van der Waals surface area contributed by atoms with Gasteiger partial charge in [0.2, 0.25) is 0 Å². The van der Waals surface area contributed by atoms with E-state index in [1.54, 1.807) is 0 Å². The zero-order valence-electron chi connectivity index (χ0n) is 17.2. The highest BCUT2D eigenvalue weighted by molar-refractivity contribution is 5.88. The molecule has 1 atom stereocenters. The van der Waals surface area contributed by atoms with Crippen LogP contribution in [0.4, 0.5) is 0 Å². The summed E-state index contributed by atoms with van der Waals surface area (Å²) in [6, 6.07) is 19.3. The van der Waals surface area contributed by atoms with E-state index < -0.39 is 12.0 Å². The second-order valence-corrected chi connectivity index (χ2v) is 7.77. The van der Waals surface area contributed by atoms with Crippen LogP contribution in [0.25, 0.3) is 21.7 Å². The van der Waals surface area contributed by atoms with Gasteiger partial charge in [0.1, 0.15) is 11.8 Å². The Labute approximate surface area is 175 Å². The number of ether oxygens (including phenoxy) is 1. The van der Waals surface area contributed by atoms with E-state index in [0.717, 1.165) is 38.6 Å². The molecule has 154 valence electrons. The molecule has 0 spiro atoms. The van der Waals surface area contributed by atoms with Crippen molar-refractivity contribution in [3.8, 4) is 5.75 Å². The molecule has 0 bridgehead atoms. The number of carboxylic acid groups (broad SMARTS) is 1. The van der Waals surface area contributed by atoms with Crippen molar-refractivity contribution in [2.75, 3.05) is 0 Å². The number of hydrogen-bond acceptors (Lipinski definition) is 3. The molecule has 0 fully saturated rings. The highest BCUT2D eigenvalue weighted by Crippen LogP contribution is 2.29. The number of nitrogens with one attached hydrogen (secondary N) is 2. The molecule has 0 aliphatic rings. The first-order chi connectivity index (χ1) is 14.5. The highest BCUT2D eigenvalue weighted by Gasteiger charge is 2.21. The summed E-state index contributed by atoms with van der Waals surface area (Å²) in [4.78, 5) is 15.2. The summed E-state index contributed by atoms with van der Waals surface area (Å²) in [6.45, 7) is 4.38. The largest absolute Gasteiger partial charge is 0.491 e. The number of aromatic nitrogens is 1. The van der Waals surface area contributed by atoms with Crippen molar-refractivity contribution in [1.29, 1.82) is 0 Å². The lowest BCUT2D eigenvalue weighted by molar-refractivity contribution is -0.139. The number of H-pyrrole nitrogens is 1. The van der Waals surface area contributed by atoms with Gasteiger partial charge >= 0.3 is 5.97 Å². The summed E-state index contributed by atoms with van der Waals surface area (Å²) in [5.41, 5.74) is 2.98. The predicted octanol–water partition coefficient (Wildman–Crippen LogP) is 4.89. The molecule has 1 heterocycles. The first-order valence-corrected chi connectivity index (χ1v) is 10.2. The van der Waals surface area contributed by atoms with Crippen LogP contribution in [0.2, 0.25) is 0 Å². The van der Waals surface area contributed by atoms with Gasteiger partial charge in [-0.25, -0.2) is 0 Å². The molecule has 0 amide bonds. The molecule has 0 unspecified atom stereocenters.